The average molecular weight is 450 g/mol. The molecule has 0 saturated heterocycles. The zero-order valence-corrected chi connectivity index (χ0v) is 16.2. The molecule has 1 unspecified atom stereocenters. The third kappa shape index (κ3) is 3.95. The lowest BCUT2D eigenvalue weighted by Crippen LogP contribution is -2.24. The minimum atomic E-state index is -5.04. The Labute approximate surface area is 177 Å². The van der Waals surface area contributed by atoms with Crippen LogP contribution in [-0.4, -0.2) is 17.5 Å². The van der Waals surface area contributed by atoms with Gasteiger partial charge in [0.1, 0.15) is 5.82 Å². The fourth-order valence-electron chi connectivity index (χ4n) is 3.76. The Bertz CT molecular complexity index is 1250. The van der Waals surface area contributed by atoms with Crippen molar-refractivity contribution in [2.45, 2.75) is 18.5 Å². The normalized spacial score (nSPS) is 15.6. The molecule has 0 fully saturated rings. The van der Waals surface area contributed by atoms with Crippen LogP contribution >= 0.6 is 0 Å². The Morgan fingerprint density at radius 2 is 1.88 bits per heavy atom. The monoisotopic (exact) mass is 450 g/mol. The summed E-state index contributed by atoms with van der Waals surface area (Å²) in [5, 5.41) is 2.26. The lowest BCUT2D eigenvalue weighted by Gasteiger charge is -2.28. The molecule has 5 nitrogen and oxygen atoms in total. The minimum absolute atomic E-state index is 0.0242. The number of para-hydroxylation sites is 1. The second-order valence-corrected chi connectivity index (χ2v) is 7.13. The molecule has 1 aliphatic rings. The summed E-state index contributed by atoms with van der Waals surface area (Å²) in [7, 11) is 0. The summed E-state index contributed by atoms with van der Waals surface area (Å²) in [5.41, 5.74) is -2.79. The van der Waals surface area contributed by atoms with Crippen molar-refractivity contribution in [1.82, 2.24) is 4.98 Å². The topological polar surface area (TPSA) is 71.2 Å². The first-order valence-electron chi connectivity index (χ1n) is 9.47. The van der Waals surface area contributed by atoms with E-state index in [0.717, 1.165) is 18.2 Å². The molecule has 2 aromatic carbocycles. The molecule has 0 aliphatic carbocycles. The van der Waals surface area contributed by atoms with Gasteiger partial charge in [-0.15, -0.1) is 0 Å². The van der Waals surface area contributed by atoms with Crippen LogP contribution in [-0.2, 0) is 6.18 Å². The zero-order chi connectivity index (χ0) is 23.0. The number of carbonyl (C=O) groups excluding carboxylic acids is 1. The number of nitrogens with one attached hydrogen (secondary N) is 2. The van der Waals surface area contributed by atoms with E-state index in [1.807, 2.05) is 0 Å². The van der Waals surface area contributed by atoms with Crippen molar-refractivity contribution in [1.29, 1.82) is 0 Å². The van der Waals surface area contributed by atoms with Gasteiger partial charge in [0, 0.05) is 29.4 Å². The molecule has 166 valence electrons. The molecule has 0 bridgehead atoms. The minimum Gasteiger partial charge on any atom is -0.490 e. The van der Waals surface area contributed by atoms with Crippen molar-refractivity contribution in [3.63, 3.8) is 0 Å². The van der Waals surface area contributed by atoms with Gasteiger partial charge in [-0.05, 0) is 30.2 Å². The van der Waals surface area contributed by atoms with E-state index in [0.29, 0.717) is 11.6 Å². The number of alkyl halides is 3. The highest BCUT2D eigenvalue weighted by Gasteiger charge is 2.39. The van der Waals surface area contributed by atoms with Crippen molar-refractivity contribution in [2.24, 2.45) is 0 Å². The standard InChI is InChI=1S/C22H15F5N2O3/c23-16-3-1-2-14-12(7-9-32-20(14)16)13-4-5-15(22(25,26)27)19(24)18(13)21(31)29-11-6-8-28-17(30)10-11/h1-6,8,10,12H,7,9H2,(H2,28,29,30,31). The highest BCUT2D eigenvalue weighted by molar-refractivity contribution is 6.06. The molecule has 2 N–H and O–H groups in total. The number of pyridine rings is 1. The molecular formula is C22H15F5N2O3. The maximum Gasteiger partial charge on any atom is 0.419 e. The number of carbonyl (C=O) groups is 1. The summed E-state index contributed by atoms with van der Waals surface area (Å²) < 4.78 is 74.7. The first kappa shape index (κ1) is 21.5. The second kappa shape index (κ2) is 8.10. The summed E-state index contributed by atoms with van der Waals surface area (Å²) >= 11 is 0. The van der Waals surface area contributed by atoms with Crippen molar-refractivity contribution >= 4 is 11.6 Å². The highest BCUT2D eigenvalue weighted by atomic mass is 19.4. The highest BCUT2D eigenvalue weighted by Crippen LogP contribution is 2.43. The number of aromatic nitrogens is 1. The maximum atomic E-state index is 15.1. The van der Waals surface area contributed by atoms with Crippen LogP contribution in [0.2, 0.25) is 0 Å². The van der Waals surface area contributed by atoms with Crippen molar-refractivity contribution in [3.8, 4) is 5.75 Å². The largest absolute Gasteiger partial charge is 0.490 e. The number of ether oxygens (including phenoxy) is 1. The molecule has 1 amide bonds. The van der Waals surface area contributed by atoms with E-state index in [9.17, 15) is 27.2 Å². The van der Waals surface area contributed by atoms with Gasteiger partial charge in [-0.25, -0.2) is 8.78 Å². The Kier molecular flexibility index (Phi) is 5.45. The molecule has 32 heavy (non-hydrogen) atoms. The maximum absolute atomic E-state index is 15.1. The SMILES string of the molecule is O=C(Nc1cc[nH]c(=O)c1)c1c(C2CCOc3c(F)cccc32)ccc(C(F)(F)F)c1F. The van der Waals surface area contributed by atoms with Crippen LogP contribution in [0.1, 0.15) is 39.4 Å². The summed E-state index contributed by atoms with van der Waals surface area (Å²) in [6.07, 6.45) is -3.63. The summed E-state index contributed by atoms with van der Waals surface area (Å²) in [4.78, 5) is 26.7. The number of fused-ring (bicyclic) bond motifs is 1. The lowest BCUT2D eigenvalue weighted by molar-refractivity contribution is -0.140. The second-order valence-electron chi connectivity index (χ2n) is 7.13. The van der Waals surface area contributed by atoms with Crippen LogP contribution in [0.25, 0.3) is 0 Å². The molecular weight excluding hydrogens is 435 g/mol. The summed E-state index contributed by atoms with van der Waals surface area (Å²) in [6, 6.07) is 7.94. The van der Waals surface area contributed by atoms with Gasteiger partial charge in [0.2, 0.25) is 5.56 Å². The summed E-state index contributed by atoms with van der Waals surface area (Å²) in [5.74, 6) is -4.47. The first-order valence-corrected chi connectivity index (χ1v) is 9.47. The number of hydrogen-bond donors (Lipinski definition) is 2. The number of aromatic amines is 1. The van der Waals surface area contributed by atoms with Crippen LogP contribution in [0.5, 0.6) is 5.75 Å². The average Bonchev–Trinajstić information content (AvgIpc) is 2.72. The van der Waals surface area contributed by atoms with Gasteiger partial charge in [-0.2, -0.15) is 13.2 Å². The number of amides is 1. The van der Waals surface area contributed by atoms with Gasteiger partial charge in [0.05, 0.1) is 17.7 Å². The third-order valence-corrected chi connectivity index (χ3v) is 5.14. The zero-order valence-electron chi connectivity index (χ0n) is 16.2. The quantitative estimate of drug-likeness (QED) is 0.561. The van der Waals surface area contributed by atoms with E-state index in [-0.39, 0.29) is 30.0 Å². The van der Waals surface area contributed by atoms with Gasteiger partial charge in [-0.1, -0.05) is 18.2 Å². The molecule has 2 heterocycles. The van der Waals surface area contributed by atoms with Crippen LogP contribution in [0.4, 0.5) is 27.6 Å². The van der Waals surface area contributed by atoms with Crippen LogP contribution in [0.3, 0.4) is 0 Å². The van der Waals surface area contributed by atoms with Crippen LogP contribution < -0.4 is 15.6 Å². The summed E-state index contributed by atoms with van der Waals surface area (Å²) in [6.45, 7) is 0.0242. The number of rotatable bonds is 3. The number of benzene rings is 2. The molecule has 1 aromatic heterocycles. The molecule has 0 spiro atoms. The van der Waals surface area contributed by atoms with E-state index in [1.54, 1.807) is 0 Å². The van der Waals surface area contributed by atoms with E-state index in [1.165, 1.54) is 24.4 Å². The number of H-pyrrole nitrogens is 1. The van der Waals surface area contributed by atoms with E-state index in [4.69, 9.17) is 4.74 Å². The predicted octanol–water partition coefficient (Wildman–Crippen LogP) is 4.84. The Hall–Kier alpha value is -3.69. The third-order valence-electron chi connectivity index (χ3n) is 5.14. The van der Waals surface area contributed by atoms with Crippen LogP contribution in [0.15, 0.2) is 53.5 Å². The van der Waals surface area contributed by atoms with Gasteiger partial charge in [0.25, 0.3) is 5.91 Å². The molecule has 0 saturated carbocycles. The molecule has 10 heteroatoms. The van der Waals surface area contributed by atoms with E-state index in [2.05, 4.69) is 10.3 Å². The van der Waals surface area contributed by atoms with E-state index >= 15 is 4.39 Å². The Balaban J connectivity index is 1.87. The van der Waals surface area contributed by atoms with Crippen molar-refractivity contribution in [3.05, 3.63) is 92.9 Å². The molecule has 4 rings (SSSR count). The fraction of sp³-hybridized carbons (Fsp3) is 0.182. The lowest BCUT2D eigenvalue weighted by atomic mass is 9.83. The predicted molar refractivity (Wildman–Crippen MR) is 105 cm³/mol. The first-order chi connectivity index (χ1) is 15.2. The molecule has 3 aromatic rings. The van der Waals surface area contributed by atoms with Crippen LogP contribution in [0, 0.1) is 11.6 Å². The van der Waals surface area contributed by atoms with Gasteiger partial charge in [0.15, 0.2) is 11.6 Å². The van der Waals surface area contributed by atoms with Crippen molar-refractivity contribution in [2.75, 3.05) is 11.9 Å². The number of anilines is 1. The number of halogens is 5. The van der Waals surface area contributed by atoms with Gasteiger partial charge in [-0.3, -0.25) is 9.59 Å². The molecule has 1 aliphatic heterocycles. The Morgan fingerprint density at radius 1 is 1.09 bits per heavy atom. The Morgan fingerprint density at radius 3 is 2.59 bits per heavy atom. The smallest absolute Gasteiger partial charge is 0.419 e. The molecule has 1 atom stereocenters. The molecule has 0 radical (unpaired) electrons. The van der Waals surface area contributed by atoms with E-state index < -0.39 is 46.3 Å². The van der Waals surface area contributed by atoms with Gasteiger partial charge >= 0.3 is 6.18 Å². The van der Waals surface area contributed by atoms with Gasteiger partial charge < -0.3 is 15.0 Å². The fourth-order valence-corrected chi connectivity index (χ4v) is 3.76. The number of hydrogen-bond acceptors (Lipinski definition) is 3. The van der Waals surface area contributed by atoms with Crippen molar-refractivity contribution < 1.29 is 31.5 Å².